The Morgan fingerprint density at radius 1 is 1.27 bits per heavy atom. The maximum Gasteiger partial charge on any atom is 0.266 e. The van der Waals surface area contributed by atoms with E-state index in [1.807, 2.05) is 37.3 Å². The van der Waals surface area contributed by atoms with E-state index >= 15 is 0 Å². The third-order valence-corrected chi connectivity index (χ3v) is 6.03. The van der Waals surface area contributed by atoms with Crippen molar-refractivity contribution in [1.29, 1.82) is 0 Å². The number of halogens is 1. The molecule has 0 unspecified atom stereocenters. The smallest absolute Gasteiger partial charge is 0.266 e. The number of aromatic nitrogens is 1. The lowest BCUT2D eigenvalue weighted by atomic mass is 10.2. The van der Waals surface area contributed by atoms with Gasteiger partial charge < -0.3 is 9.47 Å². The van der Waals surface area contributed by atoms with Gasteiger partial charge in [-0.05, 0) is 36.8 Å². The molecule has 2 heterocycles. The lowest BCUT2D eigenvalue weighted by Crippen LogP contribution is -2.44. The zero-order chi connectivity index (χ0) is 20.9. The van der Waals surface area contributed by atoms with Crippen LogP contribution < -0.4 is 9.64 Å². The van der Waals surface area contributed by atoms with Crippen LogP contribution >= 0.6 is 11.3 Å². The first-order valence-electron chi connectivity index (χ1n) is 9.95. The minimum atomic E-state index is -0.383. The number of para-hydroxylation sites is 1. The van der Waals surface area contributed by atoms with Gasteiger partial charge in [0.25, 0.3) is 5.91 Å². The molecule has 6 nitrogen and oxygen atoms in total. The standard InChI is InChI=1S/C22H24FN3O3S/c1-16-4-2-5-17(14-16)29-15-20(27)26(9-8-25-10-12-28-13-11-25)22-24-21-18(23)6-3-7-19(21)30-22/h2-7,14H,8-13,15H2,1H3. The van der Waals surface area contributed by atoms with Crippen molar-refractivity contribution in [1.82, 2.24) is 9.88 Å². The quantitative estimate of drug-likeness (QED) is 0.576. The predicted octanol–water partition coefficient (Wildman–Crippen LogP) is 3.49. The fourth-order valence-corrected chi connectivity index (χ4v) is 4.36. The largest absolute Gasteiger partial charge is 0.484 e. The van der Waals surface area contributed by atoms with Gasteiger partial charge >= 0.3 is 0 Å². The molecule has 0 spiro atoms. The topological polar surface area (TPSA) is 54.9 Å². The summed E-state index contributed by atoms with van der Waals surface area (Å²) in [5.41, 5.74) is 1.35. The number of amides is 1. The third-order valence-electron chi connectivity index (χ3n) is 4.99. The number of benzene rings is 2. The Morgan fingerprint density at radius 3 is 2.83 bits per heavy atom. The van der Waals surface area contributed by atoms with Crippen molar-refractivity contribution in [3.05, 3.63) is 53.8 Å². The van der Waals surface area contributed by atoms with Gasteiger partial charge in [-0.25, -0.2) is 9.37 Å². The highest BCUT2D eigenvalue weighted by Crippen LogP contribution is 2.30. The Morgan fingerprint density at radius 2 is 2.07 bits per heavy atom. The van der Waals surface area contributed by atoms with Crippen LogP contribution in [0.1, 0.15) is 5.56 Å². The first-order valence-corrected chi connectivity index (χ1v) is 10.8. The molecule has 4 rings (SSSR count). The number of hydrogen-bond donors (Lipinski definition) is 0. The summed E-state index contributed by atoms with van der Waals surface area (Å²) in [6, 6.07) is 12.4. The van der Waals surface area contributed by atoms with Crippen molar-refractivity contribution in [3.63, 3.8) is 0 Å². The number of aryl methyl sites for hydroxylation is 1. The zero-order valence-electron chi connectivity index (χ0n) is 16.8. The Labute approximate surface area is 178 Å². The van der Waals surface area contributed by atoms with Crippen LogP contribution in [0.15, 0.2) is 42.5 Å². The molecule has 0 radical (unpaired) electrons. The number of rotatable bonds is 7. The van der Waals surface area contributed by atoms with Crippen LogP contribution in [0.25, 0.3) is 10.2 Å². The summed E-state index contributed by atoms with van der Waals surface area (Å²) in [5, 5.41) is 0.487. The lowest BCUT2D eigenvalue weighted by molar-refractivity contribution is -0.120. The first-order chi connectivity index (χ1) is 14.6. The summed E-state index contributed by atoms with van der Waals surface area (Å²) in [5.74, 6) is 0.0580. The van der Waals surface area contributed by atoms with Gasteiger partial charge in [0.05, 0.1) is 17.9 Å². The molecule has 1 aliphatic rings. The summed E-state index contributed by atoms with van der Waals surface area (Å²) in [7, 11) is 0. The molecule has 1 fully saturated rings. The molecule has 1 aromatic heterocycles. The van der Waals surface area contributed by atoms with Gasteiger partial charge in [-0.15, -0.1) is 0 Å². The van der Waals surface area contributed by atoms with E-state index in [9.17, 15) is 9.18 Å². The normalized spacial score (nSPS) is 14.7. The summed E-state index contributed by atoms with van der Waals surface area (Å²) in [6.45, 7) is 6.06. The van der Waals surface area contributed by atoms with Gasteiger partial charge in [0.1, 0.15) is 17.1 Å². The Balaban J connectivity index is 1.52. The Bertz CT molecular complexity index is 1020. The van der Waals surface area contributed by atoms with Crippen molar-refractivity contribution in [3.8, 4) is 5.75 Å². The van der Waals surface area contributed by atoms with Crippen LogP contribution in [0.2, 0.25) is 0 Å². The summed E-state index contributed by atoms with van der Waals surface area (Å²) in [4.78, 5) is 21.3. The maximum atomic E-state index is 14.1. The number of thiazole rings is 1. The highest BCUT2D eigenvalue weighted by molar-refractivity contribution is 7.22. The van der Waals surface area contributed by atoms with Crippen molar-refractivity contribution >= 4 is 32.6 Å². The maximum absolute atomic E-state index is 14.1. The molecule has 0 bridgehead atoms. The molecule has 1 amide bonds. The second-order valence-electron chi connectivity index (χ2n) is 7.19. The number of carbonyl (C=O) groups is 1. The van der Waals surface area contributed by atoms with E-state index in [4.69, 9.17) is 9.47 Å². The second-order valence-corrected chi connectivity index (χ2v) is 8.20. The highest BCUT2D eigenvalue weighted by Gasteiger charge is 2.23. The van der Waals surface area contributed by atoms with E-state index in [1.165, 1.54) is 17.4 Å². The second kappa shape index (κ2) is 9.51. The lowest BCUT2D eigenvalue weighted by Gasteiger charge is -2.29. The van der Waals surface area contributed by atoms with Crippen molar-refractivity contribution in [2.45, 2.75) is 6.92 Å². The van der Waals surface area contributed by atoms with E-state index in [0.29, 0.717) is 47.4 Å². The molecule has 158 valence electrons. The zero-order valence-corrected chi connectivity index (χ0v) is 17.7. The molecule has 0 saturated carbocycles. The third kappa shape index (κ3) is 4.95. The number of anilines is 1. The molecule has 0 aliphatic carbocycles. The molecular weight excluding hydrogens is 405 g/mol. The monoisotopic (exact) mass is 429 g/mol. The molecule has 0 N–H and O–H groups in total. The van der Waals surface area contributed by atoms with E-state index in [1.54, 1.807) is 11.0 Å². The summed E-state index contributed by atoms with van der Waals surface area (Å²) in [6.07, 6.45) is 0. The van der Waals surface area contributed by atoms with E-state index < -0.39 is 0 Å². The highest BCUT2D eigenvalue weighted by atomic mass is 32.1. The molecule has 0 atom stereocenters. The minimum Gasteiger partial charge on any atom is -0.484 e. The van der Waals surface area contributed by atoms with Gasteiger partial charge in [-0.3, -0.25) is 14.6 Å². The number of morpholine rings is 1. The predicted molar refractivity (Wildman–Crippen MR) is 116 cm³/mol. The fourth-order valence-electron chi connectivity index (χ4n) is 3.34. The molecule has 1 aliphatic heterocycles. The average molecular weight is 430 g/mol. The SMILES string of the molecule is Cc1cccc(OCC(=O)N(CCN2CCOCC2)c2nc3c(F)cccc3s2)c1. The average Bonchev–Trinajstić information content (AvgIpc) is 3.18. The fraction of sp³-hybridized carbons (Fsp3) is 0.364. The van der Waals surface area contributed by atoms with Gasteiger partial charge in [0.15, 0.2) is 11.7 Å². The van der Waals surface area contributed by atoms with E-state index in [0.717, 1.165) is 18.7 Å². The van der Waals surface area contributed by atoms with Crippen molar-refractivity contribution in [2.75, 3.05) is 50.9 Å². The van der Waals surface area contributed by atoms with Crippen molar-refractivity contribution < 1.29 is 18.7 Å². The number of nitrogens with zero attached hydrogens (tertiary/aromatic N) is 3. The van der Waals surface area contributed by atoms with Crippen LogP contribution in [0.3, 0.4) is 0 Å². The van der Waals surface area contributed by atoms with Gasteiger partial charge in [0, 0.05) is 26.2 Å². The molecule has 1 saturated heterocycles. The van der Waals surface area contributed by atoms with Crippen LogP contribution in [0.4, 0.5) is 9.52 Å². The number of hydrogen-bond acceptors (Lipinski definition) is 6. The summed E-state index contributed by atoms with van der Waals surface area (Å²) >= 11 is 1.31. The Hall–Kier alpha value is -2.55. The van der Waals surface area contributed by atoms with Gasteiger partial charge in [-0.2, -0.15) is 0 Å². The molecule has 8 heteroatoms. The van der Waals surface area contributed by atoms with Crippen LogP contribution in [-0.2, 0) is 9.53 Å². The molecule has 3 aromatic rings. The number of carbonyl (C=O) groups excluding carboxylic acids is 1. The summed E-state index contributed by atoms with van der Waals surface area (Å²) < 4.78 is 26.0. The van der Waals surface area contributed by atoms with Crippen LogP contribution in [-0.4, -0.2) is 61.8 Å². The first kappa shape index (κ1) is 20.7. The Kier molecular flexibility index (Phi) is 6.56. The van der Waals surface area contributed by atoms with Gasteiger partial charge in [-0.1, -0.05) is 29.5 Å². The van der Waals surface area contributed by atoms with Gasteiger partial charge in [0.2, 0.25) is 0 Å². The van der Waals surface area contributed by atoms with Crippen molar-refractivity contribution in [2.24, 2.45) is 0 Å². The van der Waals surface area contributed by atoms with Crippen LogP contribution in [0.5, 0.6) is 5.75 Å². The number of ether oxygens (including phenoxy) is 2. The van der Waals surface area contributed by atoms with Crippen LogP contribution in [0, 0.1) is 12.7 Å². The molecule has 2 aromatic carbocycles. The molecule has 30 heavy (non-hydrogen) atoms. The number of fused-ring (bicyclic) bond motifs is 1. The minimum absolute atomic E-state index is 0.106. The van der Waals surface area contributed by atoms with E-state index in [-0.39, 0.29) is 18.3 Å². The van der Waals surface area contributed by atoms with E-state index in [2.05, 4.69) is 9.88 Å². The molecular formula is C22H24FN3O3S.